The van der Waals surface area contributed by atoms with Crippen LogP contribution in [0.3, 0.4) is 0 Å². The second-order valence-corrected chi connectivity index (χ2v) is 14.5. The molecular formula is C34H35F3N2O6S2. The molecule has 2 fully saturated rings. The molecule has 0 aromatic heterocycles. The number of likely N-dealkylation sites (tertiary alicyclic amines) is 1. The minimum Gasteiger partial charge on any atom is -0.375 e. The van der Waals surface area contributed by atoms with Gasteiger partial charge in [0.15, 0.2) is 0 Å². The summed E-state index contributed by atoms with van der Waals surface area (Å²) in [6.07, 6.45) is -3.73. The van der Waals surface area contributed by atoms with Crippen LogP contribution in [0.2, 0.25) is 0 Å². The van der Waals surface area contributed by atoms with Crippen LogP contribution in [0.25, 0.3) is 5.57 Å². The number of carbonyl (C=O) groups is 2. The summed E-state index contributed by atoms with van der Waals surface area (Å²) in [6.45, 7) is 6.19. The van der Waals surface area contributed by atoms with Crippen molar-refractivity contribution in [3.63, 3.8) is 0 Å². The van der Waals surface area contributed by atoms with Gasteiger partial charge in [0.05, 0.1) is 35.7 Å². The summed E-state index contributed by atoms with van der Waals surface area (Å²) >= 11 is 0.910. The fourth-order valence-corrected chi connectivity index (χ4v) is 7.65. The SMILES string of the molecule is C=C(C(=O)N1CCCC(C(=O)NS(=O)(=O)c2ccc(C)cc2)C1)c1ccc(SC2COCC(Cc3ccccc3)O2)c(C(F)(F)F)c1. The second-order valence-electron chi connectivity index (χ2n) is 11.6. The number of carbonyl (C=O) groups excluding carboxylic acids is 2. The normalized spacial score (nSPS) is 20.4. The molecule has 3 aromatic carbocycles. The molecule has 1 N–H and O–H groups in total. The topological polar surface area (TPSA) is 102 Å². The molecule has 13 heteroatoms. The fraction of sp³-hybridized carbons (Fsp3) is 0.353. The molecule has 0 saturated carbocycles. The van der Waals surface area contributed by atoms with Crippen molar-refractivity contribution in [3.05, 3.63) is 102 Å². The van der Waals surface area contributed by atoms with E-state index in [-0.39, 0.29) is 46.7 Å². The molecule has 3 atom stereocenters. The zero-order valence-corrected chi connectivity index (χ0v) is 27.3. The first kappa shape index (κ1) is 34.7. The van der Waals surface area contributed by atoms with E-state index >= 15 is 0 Å². The highest BCUT2D eigenvalue weighted by molar-refractivity contribution is 7.99. The maximum Gasteiger partial charge on any atom is 0.417 e. The third-order valence-electron chi connectivity index (χ3n) is 8.00. The Morgan fingerprint density at radius 3 is 2.47 bits per heavy atom. The van der Waals surface area contributed by atoms with Crippen molar-refractivity contribution in [3.8, 4) is 0 Å². The van der Waals surface area contributed by atoms with E-state index in [1.807, 2.05) is 30.3 Å². The number of rotatable bonds is 9. The van der Waals surface area contributed by atoms with Gasteiger partial charge in [-0.1, -0.05) is 72.4 Å². The van der Waals surface area contributed by atoms with Gasteiger partial charge >= 0.3 is 6.18 Å². The molecule has 2 saturated heterocycles. The van der Waals surface area contributed by atoms with Gasteiger partial charge in [-0.05, 0) is 55.2 Å². The number of thioether (sulfide) groups is 1. The Kier molecular flexibility index (Phi) is 10.8. The first-order valence-corrected chi connectivity index (χ1v) is 17.4. The van der Waals surface area contributed by atoms with Gasteiger partial charge in [0.1, 0.15) is 5.44 Å². The predicted octanol–water partition coefficient (Wildman–Crippen LogP) is 5.85. The Labute approximate surface area is 276 Å². The number of aryl methyl sites for hydroxylation is 1. The number of amides is 2. The van der Waals surface area contributed by atoms with Gasteiger partial charge in [0.2, 0.25) is 5.91 Å². The first-order chi connectivity index (χ1) is 22.3. The molecule has 0 radical (unpaired) electrons. The van der Waals surface area contributed by atoms with Crippen LogP contribution >= 0.6 is 11.8 Å². The van der Waals surface area contributed by atoms with Crippen LogP contribution in [0.5, 0.6) is 0 Å². The van der Waals surface area contributed by atoms with E-state index in [2.05, 4.69) is 11.3 Å². The average Bonchev–Trinajstić information content (AvgIpc) is 3.04. The summed E-state index contributed by atoms with van der Waals surface area (Å²) in [5.41, 5.74) is 0.111. The molecule has 2 aliphatic heterocycles. The highest BCUT2D eigenvalue weighted by Crippen LogP contribution is 2.41. The minimum atomic E-state index is -4.72. The van der Waals surface area contributed by atoms with E-state index < -0.39 is 44.9 Å². The molecular weight excluding hydrogens is 654 g/mol. The molecule has 47 heavy (non-hydrogen) atoms. The zero-order chi connectivity index (χ0) is 33.8. The van der Waals surface area contributed by atoms with E-state index in [1.165, 1.54) is 29.2 Å². The molecule has 0 bridgehead atoms. The van der Waals surface area contributed by atoms with E-state index in [0.29, 0.717) is 25.9 Å². The molecule has 3 aromatic rings. The molecule has 3 unspecified atom stereocenters. The van der Waals surface area contributed by atoms with Gasteiger partial charge < -0.3 is 14.4 Å². The van der Waals surface area contributed by atoms with Gasteiger partial charge in [-0.15, -0.1) is 0 Å². The van der Waals surface area contributed by atoms with Crippen molar-refractivity contribution in [1.29, 1.82) is 0 Å². The van der Waals surface area contributed by atoms with Gasteiger partial charge in [-0.2, -0.15) is 13.2 Å². The zero-order valence-electron chi connectivity index (χ0n) is 25.7. The summed E-state index contributed by atoms with van der Waals surface area (Å²) in [7, 11) is -4.12. The number of halogens is 3. The van der Waals surface area contributed by atoms with E-state index in [0.717, 1.165) is 29.0 Å². The van der Waals surface area contributed by atoms with Crippen molar-refractivity contribution in [2.75, 3.05) is 26.3 Å². The third-order valence-corrected chi connectivity index (χ3v) is 10.5. The Morgan fingerprint density at radius 2 is 1.77 bits per heavy atom. The lowest BCUT2D eigenvalue weighted by molar-refractivity contribution is -0.140. The molecule has 0 spiro atoms. The lowest BCUT2D eigenvalue weighted by atomic mass is 9.96. The van der Waals surface area contributed by atoms with Crippen LogP contribution < -0.4 is 4.72 Å². The fourth-order valence-electron chi connectivity index (χ4n) is 5.50. The van der Waals surface area contributed by atoms with E-state index in [9.17, 15) is 31.2 Å². The number of benzene rings is 3. The molecule has 2 amide bonds. The molecule has 5 rings (SSSR count). The molecule has 2 heterocycles. The van der Waals surface area contributed by atoms with E-state index in [1.54, 1.807) is 19.1 Å². The van der Waals surface area contributed by atoms with Crippen LogP contribution in [0.4, 0.5) is 13.2 Å². The van der Waals surface area contributed by atoms with Crippen LogP contribution in [-0.4, -0.2) is 63.0 Å². The number of nitrogens with zero attached hydrogens (tertiary/aromatic N) is 1. The Morgan fingerprint density at radius 1 is 1.04 bits per heavy atom. The summed E-state index contributed by atoms with van der Waals surface area (Å²) in [5, 5.41) is 0. The molecule has 0 aliphatic carbocycles. The van der Waals surface area contributed by atoms with Gasteiger partial charge in [-0.25, -0.2) is 13.1 Å². The molecule has 250 valence electrons. The minimum absolute atomic E-state index is 0.0111. The highest BCUT2D eigenvalue weighted by Gasteiger charge is 2.37. The number of piperidine rings is 1. The Hall–Kier alpha value is -3.65. The largest absolute Gasteiger partial charge is 0.417 e. The van der Waals surface area contributed by atoms with Crippen LogP contribution in [0.1, 0.15) is 35.1 Å². The maximum absolute atomic E-state index is 14.3. The number of nitrogens with one attached hydrogen (secondary N) is 1. The van der Waals surface area contributed by atoms with E-state index in [4.69, 9.17) is 9.47 Å². The predicted molar refractivity (Wildman–Crippen MR) is 172 cm³/mol. The maximum atomic E-state index is 14.3. The monoisotopic (exact) mass is 688 g/mol. The Balaban J connectivity index is 1.24. The number of alkyl halides is 3. The van der Waals surface area contributed by atoms with Crippen LogP contribution in [0.15, 0.2) is 89.2 Å². The number of hydrogen-bond acceptors (Lipinski definition) is 7. The average molecular weight is 689 g/mol. The number of hydrogen-bond donors (Lipinski definition) is 1. The van der Waals surface area contributed by atoms with Crippen molar-refractivity contribution in [2.24, 2.45) is 5.92 Å². The van der Waals surface area contributed by atoms with Crippen molar-refractivity contribution in [2.45, 2.75) is 53.7 Å². The van der Waals surface area contributed by atoms with Crippen LogP contribution in [-0.2, 0) is 41.7 Å². The van der Waals surface area contributed by atoms with Gasteiger partial charge in [0.25, 0.3) is 15.9 Å². The Bertz CT molecular complexity index is 1720. The number of sulfonamides is 1. The van der Waals surface area contributed by atoms with Crippen molar-refractivity contribution in [1.82, 2.24) is 9.62 Å². The summed E-state index contributed by atoms with van der Waals surface area (Å²) in [6, 6.07) is 19.2. The molecule has 2 aliphatic rings. The van der Waals surface area contributed by atoms with Gasteiger partial charge in [0, 0.05) is 30.0 Å². The second kappa shape index (κ2) is 14.6. The molecule has 8 nitrogen and oxygen atoms in total. The quantitative estimate of drug-likeness (QED) is 0.282. The highest BCUT2D eigenvalue weighted by atomic mass is 32.2. The number of ether oxygens (including phenoxy) is 2. The van der Waals surface area contributed by atoms with Crippen molar-refractivity contribution < 1.29 is 40.7 Å². The van der Waals surface area contributed by atoms with Crippen LogP contribution in [0, 0.1) is 12.8 Å². The summed E-state index contributed by atoms with van der Waals surface area (Å²) in [5.74, 6) is -2.21. The summed E-state index contributed by atoms with van der Waals surface area (Å²) in [4.78, 5) is 27.5. The lowest BCUT2D eigenvalue weighted by Crippen LogP contribution is -2.46. The van der Waals surface area contributed by atoms with Gasteiger partial charge in [-0.3, -0.25) is 9.59 Å². The lowest BCUT2D eigenvalue weighted by Gasteiger charge is -2.32. The first-order valence-electron chi connectivity index (χ1n) is 15.1. The van der Waals surface area contributed by atoms with Crippen molar-refractivity contribution >= 4 is 39.2 Å². The standard InChI is InChI=1S/C34H35F3N2O6S2/c1-22-10-13-28(14-11-22)47(42,43)38-32(40)26-9-6-16-39(19-26)33(41)23(2)25-12-15-30(29(18-25)34(35,36)37)46-31-21-44-20-27(45-31)17-24-7-4-3-5-8-24/h3-5,7-8,10-15,18,26-27,31H,2,6,9,16-17,19-21H2,1H3,(H,38,40). The summed E-state index contributed by atoms with van der Waals surface area (Å²) < 4.78 is 82.1. The third kappa shape index (κ3) is 8.83. The smallest absolute Gasteiger partial charge is 0.375 e.